The van der Waals surface area contributed by atoms with E-state index in [-0.39, 0.29) is 17.0 Å². The van der Waals surface area contributed by atoms with Crippen molar-refractivity contribution in [3.63, 3.8) is 0 Å². The van der Waals surface area contributed by atoms with Crippen molar-refractivity contribution in [1.82, 2.24) is 0 Å². The predicted octanol–water partition coefficient (Wildman–Crippen LogP) is 6.06. The van der Waals surface area contributed by atoms with Crippen molar-refractivity contribution < 1.29 is 28.2 Å². The van der Waals surface area contributed by atoms with Crippen LogP contribution in [0.1, 0.15) is 22.7 Å². The summed E-state index contributed by atoms with van der Waals surface area (Å²) in [5.41, 5.74) is 1.45. The number of nitrogens with zero attached hydrogens (tertiary/aromatic N) is 1. The van der Waals surface area contributed by atoms with Crippen LogP contribution in [0, 0.1) is 18.6 Å². The smallest absolute Gasteiger partial charge is 0.300 e. The summed E-state index contributed by atoms with van der Waals surface area (Å²) in [6.45, 7) is 1.79. The first-order chi connectivity index (χ1) is 17.3. The Kier molecular flexibility index (Phi) is 5.76. The minimum atomic E-state index is -1.16. The number of rotatable bonds is 4. The molecule has 180 valence electrons. The van der Waals surface area contributed by atoms with Crippen molar-refractivity contribution in [2.75, 3.05) is 12.0 Å². The van der Waals surface area contributed by atoms with Crippen molar-refractivity contribution in [2.24, 2.45) is 0 Å². The molecule has 0 aliphatic carbocycles. The number of aliphatic hydroxyl groups is 1. The van der Waals surface area contributed by atoms with Crippen LogP contribution < -0.4 is 9.64 Å². The number of benzene rings is 4. The van der Waals surface area contributed by atoms with E-state index in [2.05, 4.69) is 0 Å². The molecule has 1 N–H and O–H groups in total. The van der Waals surface area contributed by atoms with Crippen molar-refractivity contribution >= 4 is 33.9 Å². The van der Waals surface area contributed by atoms with Gasteiger partial charge in [0.2, 0.25) is 0 Å². The average Bonchev–Trinajstić information content (AvgIpc) is 3.15. The van der Waals surface area contributed by atoms with E-state index in [4.69, 9.17) is 4.74 Å². The van der Waals surface area contributed by atoms with Crippen molar-refractivity contribution in [2.45, 2.75) is 13.0 Å². The fraction of sp³-hybridized carbons (Fsp3) is 0.103. The number of carbonyl (C=O) groups excluding carboxylic acids is 2. The highest BCUT2D eigenvalue weighted by Gasteiger charge is 2.47. The van der Waals surface area contributed by atoms with E-state index < -0.39 is 29.4 Å². The van der Waals surface area contributed by atoms with Crippen molar-refractivity contribution in [3.05, 3.63) is 113 Å². The first-order valence-electron chi connectivity index (χ1n) is 11.2. The SMILES string of the molecule is COc1ccc(/C(O)=C2/C(=O)C(=O)N(c3ccc(F)c(F)c3)C2c2cccc3ccccc23)cc1C. The van der Waals surface area contributed by atoms with Gasteiger partial charge in [-0.15, -0.1) is 0 Å². The van der Waals surface area contributed by atoms with Crippen LogP contribution in [0.25, 0.3) is 16.5 Å². The maximum Gasteiger partial charge on any atom is 0.300 e. The van der Waals surface area contributed by atoms with Gasteiger partial charge in [-0.25, -0.2) is 8.78 Å². The molecule has 1 atom stereocenters. The Morgan fingerprint density at radius 2 is 1.67 bits per heavy atom. The van der Waals surface area contributed by atoms with Crippen LogP contribution in [0.3, 0.4) is 0 Å². The third-order valence-corrected chi connectivity index (χ3v) is 6.41. The maximum absolute atomic E-state index is 14.2. The molecule has 7 heteroatoms. The molecule has 36 heavy (non-hydrogen) atoms. The highest BCUT2D eigenvalue weighted by Crippen LogP contribution is 2.44. The molecular formula is C29H21F2NO4. The predicted molar refractivity (Wildman–Crippen MR) is 133 cm³/mol. The number of carbonyl (C=O) groups is 2. The molecule has 1 amide bonds. The van der Waals surface area contributed by atoms with Gasteiger partial charge in [0.05, 0.1) is 18.7 Å². The largest absolute Gasteiger partial charge is 0.507 e. The number of Topliss-reactive ketones (excluding diaryl/α,β-unsaturated/α-hetero) is 1. The molecule has 0 saturated carbocycles. The monoisotopic (exact) mass is 485 g/mol. The zero-order chi connectivity index (χ0) is 25.6. The van der Waals surface area contributed by atoms with Gasteiger partial charge in [-0.2, -0.15) is 0 Å². The van der Waals surface area contributed by atoms with E-state index >= 15 is 0 Å². The molecule has 1 aliphatic heterocycles. The second kappa shape index (κ2) is 8.92. The highest BCUT2D eigenvalue weighted by atomic mass is 19.2. The molecule has 1 aliphatic rings. The quantitative estimate of drug-likeness (QED) is 0.217. The molecule has 1 saturated heterocycles. The summed E-state index contributed by atoms with van der Waals surface area (Å²) in [6, 6.07) is 19.6. The van der Waals surface area contributed by atoms with Crippen molar-refractivity contribution in [1.29, 1.82) is 0 Å². The van der Waals surface area contributed by atoms with Gasteiger partial charge < -0.3 is 9.84 Å². The number of fused-ring (bicyclic) bond motifs is 1. The minimum Gasteiger partial charge on any atom is -0.507 e. The number of amides is 1. The Hall–Kier alpha value is -4.52. The summed E-state index contributed by atoms with van der Waals surface area (Å²) in [5.74, 6) is -3.89. The van der Waals surface area contributed by atoms with Gasteiger partial charge in [0.1, 0.15) is 11.5 Å². The minimum absolute atomic E-state index is 0.00102. The fourth-order valence-corrected chi connectivity index (χ4v) is 4.70. The van der Waals surface area contributed by atoms with Gasteiger partial charge in [-0.3, -0.25) is 14.5 Å². The van der Waals surface area contributed by atoms with Crippen LogP contribution in [0.2, 0.25) is 0 Å². The van der Waals surface area contributed by atoms with Gasteiger partial charge in [-0.1, -0.05) is 42.5 Å². The van der Waals surface area contributed by atoms with Gasteiger partial charge in [0, 0.05) is 17.3 Å². The maximum atomic E-state index is 14.2. The highest BCUT2D eigenvalue weighted by molar-refractivity contribution is 6.51. The fourth-order valence-electron chi connectivity index (χ4n) is 4.70. The normalized spacial score (nSPS) is 17.1. The summed E-state index contributed by atoms with van der Waals surface area (Å²) in [6.07, 6.45) is 0. The number of methoxy groups -OCH3 is 1. The molecule has 1 unspecified atom stereocenters. The van der Waals surface area contributed by atoms with E-state index in [0.29, 0.717) is 16.9 Å². The Balaban J connectivity index is 1.80. The molecule has 1 fully saturated rings. The first kappa shape index (κ1) is 23.2. The van der Waals surface area contributed by atoms with Crippen molar-refractivity contribution in [3.8, 4) is 5.75 Å². The number of hydrogen-bond acceptors (Lipinski definition) is 4. The Labute approximate surface area is 205 Å². The summed E-state index contributed by atoms with van der Waals surface area (Å²) < 4.78 is 33.2. The van der Waals surface area contributed by atoms with Gasteiger partial charge in [-0.05, 0) is 59.2 Å². The van der Waals surface area contributed by atoms with Crippen LogP contribution >= 0.6 is 0 Å². The van der Waals surface area contributed by atoms with E-state index in [1.165, 1.54) is 13.2 Å². The van der Waals surface area contributed by atoms with Crippen LogP contribution in [0.15, 0.2) is 84.4 Å². The third-order valence-electron chi connectivity index (χ3n) is 6.41. The lowest BCUT2D eigenvalue weighted by Crippen LogP contribution is -2.29. The molecule has 0 bridgehead atoms. The molecule has 0 aromatic heterocycles. The van der Waals surface area contributed by atoms with E-state index in [9.17, 15) is 23.5 Å². The first-order valence-corrected chi connectivity index (χ1v) is 11.2. The molecular weight excluding hydrogens is 464 g/mol. The summed E-state index contributed by atoms with van der Waals surface area (Å²) in [5, 5.41) is 13.0. The number of hydrogen-bond donors (Lipinski definition) is 1. The second-order valence-corrected chi connectivity index (χ2v) is 8.52. The molecule has 5 nitrogen and oxygen atoms in total. The molecule has 5 rings (SSSR count). The second-order valence-electron chi connectivity index (χ2n) is 8.52. The third kappa shape index (κ3) is 3.69. The summed E-state index contributed by atoms with van der Waals surface area (Å²) in [4.78, 5) is 27.8. The molecule has 1 heterocycles. The summed E-state index contributed by atoms with van der Waals surface area (Å²) >= 11 is 0. The number of aliphatic hydroxyl groups excluding tert-OH is 1. The van der Waals surface area contributed by atoms with Gasteiger partial charge >= 0.3 is 0 Å². The molecule has 0 radical (unpaired) electrons. The Morgan fingerprint density at radius 1 is 0.917 bits per heavy atom. The number of halogens is 2. The van der Waals surface area contributed by atoms with E-state index in [0.717, 1.165) is 33.4 Å². The average molecular weight is 485 g/mol. The van der Waals surface area contributed by atoms with Crippen LogP contribution in [-0.2, 0) is 9.59 Å². The van der Waals surface area contributed by atoms with Crippen LogP contribution in [0.4, 0.5) is 14.5 Å². The van der Waals surface area contributed by atoms with E-state index in [1.54, 1.807) is 37.3 Å². The molecule has 4 aromatic carbocycles. The Bertz CT molecular complexity index is 1570. The van der Waals surface area contributed by atoms with Crippen LogP contribution in [-0.4, -0.2) is 23.9 Å². The lowest BCUT2D eigenvalue weighted by molar-refractivity contribution is -0.132. The number of aryl methyl sites for hydroxylation is 1. The zero-order valence-electron chi connectivity index (χ0n) is 19.5. The van der Waals surface area contributed by atoms with Gasteiger partial charge in [0.15, 0.2) is 11.6 Å². The van der Waals surface area contributed by atoms with Crippen LogP contribution in [0.5, 0.6) is 5.75 Å². The molecule has 0 spiro atoms. The van der Waals surface area contributed by atoms with E-state index in [1.807, 2.05) is 30.3 Å². The number of ether oxygens (including phenoxy) is 1. The Morgan fingerprint density at radius 3 is 2.39 bits per heavy atom. The lowest BCUT2D eigenvalue weighted by Gasteiger charge is -2.26. The lowest BCUT2D eigenvalue weighted by atomic mass is 9.91. The number of ketones is 1. The molecule has 4 aromatic rings. The zero-order valence-corrected chi connectivity index (χ0v) is 19.5. The van der Waals surface area contributed by atoms with Gasteiger partial charge in [0.25, 0.3) is 11.7 Å². The standard InChI is InChI=1S/C29H21F2NO4/c1-16-14-18(10-13-24(16)36-2)27(33)25-26(21-9-5-7-17-6-3-4-8-20(17)21)32(29(35)28(25)34)19-11-12-22(30)23(31)15-19/h3-15,26,33H,1-2H3/b27-25-. The number of anilines is 1. The topological polar surface area (TPSA) is 66.8 Å². The summed E-state index contributed by atoms with van der Waals surface area (Å²) in [7, 11) is 1.52.